The van der Waals surface area contributed by atoms with Crippen molar-refractivity contribution in [3.05, 3.63) is 0 Å². The molecule has 5 nitrogen and oxygen atoms in total. The summed E-state index contributed by atoms with van der Waals surface area (Å²) in [7, 11) is 1.58. The van der Waals surface area contributed by atoms with Crippen molar-refractivity contribution in [2.45, 2.75) is 13.8 Å². The lowest BCUT2D eigenvalue weighted by Crippen LogP contribution is -2.40. The van der Waals surface area contributed by atoms with Gasteiger partial charge in [0.25, 0.3) is 0 Å². The molecule has 82 valence electrons. The van der Waals surface area contributed by atoms with Crippen molar-refractivity contribution in [2.24, 2.45) is 5.92 Å². The number of amides is 2. The van der Waals surface area contributed by atoms with E-state index in [0.717, 1.165) is 0 Å². The minimum atomic E-state index is -0.201. The first-order valence-electron chi connectivity index (χ1n) is 4.61. The molecule has 0 aliphatic carbocycles. The second-order valence-electron chi connectivity index (χ2n) is 3.41. The highest BCUT2D eigenvalue weighted by Crippen LogP contribution is 1.90. The number of nitrogens with zero attached hydrogens (tertiary/aromatic N) is 1. The van der Waals surface area contributed by atoms with Gasteiger partial charge < -0.3 is 15.3 Å². The van der Waals surface area contributed by atoms with E-state index in [1.807, 2.05) is 0 Å². The van der Waals surface area contributed by atoms with E-state index < -0.39 is 0 Å². The highest BCUT2D eigenvalue weighted by Gasteiger charge is 2.11. The number of hydrogen-bond acceptors (Lipinski definition) is 3. The topological polar surface area (TPSA) is 69.6 Å². The number of likely N-dealkylation sites (N-methyl/N-ethyl adjacent to an activating group) is 1. The Bertz CT molecular complexity index is 204. The Kier molecular flexibility index (Phi) is 5.87. The third kappa shape index (κ3) is 4.81. The molecule has 0 saturated heterocycles. The van der Waals surface area contributed by atoms with Crippen LogP contribution in [0.2, 0.25) is 0 Å². The smallest absolute Gasteiger partial charge is 0.241 e. The zero-order chi connectivity index (χ0) is 11.1. The zero-order valence-corrected chi connectivity index (χ0v) is 8.91. The lowest BCUT2D eigenvalue weighted by molar-refractivity contribution is -0.132. The van der Waals surface area contributed by atoms with E-state index in [4.69, 9.17) is 5.11 Å². The van der Waals surface area contributed by atoms with Crippen LogP contribution in [0.1, 0.15) is 13.8 Å². The molecule has 2 N–H and O–H groups in total. The van der Waals surface area contributed by atoms with Crippen molar-refractivity contribution in [2.75, 3.05) is 26.7 Å². The molecule has 0 bridgehead atoms. The number of hydrogen-bond donors (Lipinski definition) is 2. The molecule has 0 aromatic heterocycles. The largest absolute Gasteiger partial charge is 0.395 e. The minimum Gasteiger partial charge on any atom is -0.395 e. The average molecular weight is 202 g/mol. The molecule has 0 radical (unpaired) electrons. The molecular weight excluding hydrogens is 184 g/mol. The summed E-state index contributed by atoms with van der Waals surface area (Å²) in [6.07, 6.45) is 0. The summed E-state index contributed by atoms with van der Waals surface area (Å²) in [4.78, 5) is 23.7. The van der Waals surface area contributed by atoms with Gasteiger partial charge in [-0.05, 0) is 0 Å². The standard InChI is InChI=1S/C9H18N2O3/c1-7(2)9(14)10-6-8(13)11(3)4-5-12/h7,12H,4-6H2,1-3H3,(H,10,14). The van der Waals surface area contributed by atoms with Gasteiger partial charge in [-0.1, -0.05) is 13.8 Å². The molecule has 0 aliphatic rings. The van der Waals surface area contributed by atoms with E-state index in [9.17, 15) is 9.59 Å². The Morgan fingerprint density at radius 2 is 2.00 bits per heavy atom. The van der Waals surface area contributed by atoms with Gasteiger partial charge in [0, 0.05) is 19.5 Å². The molecule has 0 aromatic carbocycles. The molecule has 0 saturated carbocycles. The molecule has 0 heterocycles. The lowest BCUT2D eigenvalue weighted by atomic mass is 10.2. The predicted octanol–water partition coefficient (Wildman–Crippen LogP) is -0.791. The van der Waals surface area contributed by atoms with Gasteiger partial charge >= 0.3 is 0 Å². The van der Waals surface area contributed by atoms with Crippen LogP contribution >= 0.6 is 0 Å². The Hall–Kier alpha value is -1.10. The molecule has 0 aromatic rings. The lowest BCUT2D eigenvalue weighted by Gasteiger charge is -2.16. The van der Waals surface area contributed by atoms with Crippen LogP contribution in [-0.2, 0) is 9.59 Å². The summed E-state index contributed by atoms with van der Waals surface area (Å²) in [6.45, 7) is 3.73. The van der Waals surface area contributed by atoms with Crippen LogP contribution in [0.3, 0.4) is 0 Å². The molecular formula is C9H18N2O3. The van der Waals surface area contributed by atoms with Crippen molar-refractivity contribution >= 4 is 11.8 Å². The van der Waals surface area contributed by atoms with E-state index in [1.165, 1.54) is 4.90 Å². The average Bonchev–Trinajstić information content (AvgIpc) is 2.13. The maximum Gasteiger partial charge on any atom is 0.241 e. The highest BCUT2D eigenvalue weighted by atomic mass is 16.3. The number of carbonyl (C=O) groups is 2. The van der Waals surface area contributed by atoms with E-state index in [-0.39, 0.29) is 37.4 Å². The van der Waals surface area contributed by atoms with Crippen LogP contribution in [0.15, 0.2) is 0 Å². The Labute approximate surface area is 84.1 Å². The van der Waals surface area contributed by atoms with Crippen molar-refractivity contribution in [1.29, 1.82) is 0 Å². The van der Waals surface area contributed by atoms with Crippen molar-refractivity contribution in [3.8, 4) is 0 Å². The van der Waals surface area contributed by atoms with Gasteiger partial charge in [0.1, 0.15) is 0 Å². The monoisotopic (exact) mass is 202 g/mol. The number of aliphatic hydroxyl groups excluding tert-OH is 1. The summed E-state index contributed by atoms with van der Waals surface area (Å²) < 4.78 is 0. The molecule has 0 rings (SSSR count). The van der Waals surface area contributed by atoms with Crippen LogP contribution in [0.25, 0.3) is 0 Å². The van der Waals surface area contributed by atoms with Crippen LogP contribution < -0.4 is 5.32 Å². The number of carbonyl (C=O) groups excluding carboxylic acids is 2. The van der Waals surface area contributed by atoms with Gasteiger partial charge in [0.15, 0.2) is 0 Å². The maximum atomic E-state index is 11.3. The Morgan fingerprint density at radius 3 is 2.43 bits per heavy atom. The van der Waals surface area contributed by atoms with Gasteiger partial charge in [-0.2, -0.15) is 0 Å². The zero-order valence-electron chi connectivity index (χ0n) is 8.91. The first kappa shape index (κ1) is 12.9. The van der Waals surface area contributed by atoms with Crippen molar-refractivity contribution < 1.29 is 14.7 Å². The Morgan fingerprint density at radius 1 is 1.43 bits per heavy atom. The number of aliphatic hydroxyl groups is 1. The van der Waals surface area contributed by atoms with Crippen molar-refractivity contribution in [3.63, 3.8) is 0 Å². The molecule has 0 atom stereocenters. The normalized spacial score (nSPS) is 10.1. The van der Waals surface area contributed by atoms with Crippen LogP contribution in [-0.4, -0.2) is 48.6 Å². The first-order valence-corrected chi connectivity index (χ1v) is 4.61. The second-order valence-corrected chi connectivity index (χ2v) is 3.41. The molecule has 5 heteroatoms. The molecule has 0 fully saturated rings. The second kappa shape index (κ2) is 6.37. The van der Waals surface area contributed by atoms with Gasteiger partial charge in [-0.15, -0.1) is 0 Å². The van der Waals surface area contributed by atoms with Gasteiger partial charge in [0.2, 0.25) is 11.8 Å². The fraction of sp³-hybridized carbons (Fsp3) is 0.778. The van der Waals surface area contributed by atoms with Gasteiger partial charge in [0.05, 0.1) is 13.2 Å². The minimum absolute atomic E-state index is 0.00644. The summed E-state index contributed by atoms with van der Waals surface area (Å²) in [5.74, 6) is -0.463. The van der Waals surface area contributed by atoms with Crippen molar-refractivity contribution in [1.82, 2.24) is 10.2 Å². The van der Waals surface area contributed by atoms with E-state index in [1.54, 1.807) is 20.9 Å². The molecule has 2 amide bonds. The summed E-state index contributed by atoms with van der Waals surface area (Å²) in [5, 5.41) is 11.1. The molecule has 0 unspecified atom stereocenters. The third-order valence-corrected chi connectivity index (χ3v) is 1.80. The van der Waals surface area contributed by atoms with Gasteiger partial charge in [-0.3, -0.25) is 9.59 Å². The molecule has 0 spiro atoms. The van der Waals surface area contributed by atoms with E-state index >= 15 is 0 Å². The fourth-order valence-corrected chi connectivity index (χ4v) is 0.777. The summed E-state index contributed by atoms with van der Waals surface area (Å²) >= 11 is 0. The SMILES string of the molecule is CC(C)C(=O)NCC(=O)N(C)CCO. The van der Waals surface area contributed by atoms with Crippen LogP contribution in [0.5, 0.6) is 0 Å². The van der Waals surface area contributed by atoms with E-state index in [0.29, 0.717) is 0 Å². The quantitative estimate of drug-likeness (QED) is 0.614. The number of nitrogens with one attached hydrogen (secondary N) is 1. The van der Waals surface area contributed by atoms with Crippen LogP contribution in [0, 0.1) is 5.92 Å². The Balaban J connectivity index is 3.79. The fourth-order valence-electron chi connectivity index (χ4n) is 0.777. The highest BCUT2D eigenvalue weighted by molar-refractivity contribution is 5.85. The third-order valence-electron chi connectivity index (χ3n) is 1.80. The van der Waals surface area contributed by atoms with Gasteiger partial charge in [-0.25, -0.2) is 0 Å². The predicted molar refractivity (Wildman–Crippen MR) is 52.6 cm³/mol. The number of rotatable bonds is 5. The molecule has 14 heavy (non-hydrogen) atoms. The summed E-state index contributed by atoms with van der Waals surface area (Å²) in [5.41, 5.74) is 0. The molecule has 0 aliphatic heterocycles. The maximum absolute atomic E-state index is 11.3. The first-order chi connectivity index (χ1) is 6.49. The van der Waals surface area contributed by atoms with Crippen LogP contribution in [0.4, 0.5) is 0 Å². The summed E-state index contributed by atoms with van der Waals surface area (Å²) in [6, 6.07) is 0. The van der Waals surface area contributed by atoms with E-state index in [2.05, 4.69) is 5.32 Å².